The minimum atomic E-state index is 0.602. The van der Waals surface area contributed by atoms with Crippen LogP contribution in [0.15, 0.2) is 91.1 Å². The van der Waals surface area contributed by atoms with Gasteiger partial charge in [-0.1, -0.05) is 54.6 Å². The molecule has 0 saturated heterocycles. The molecular formula is C24H21NO. The molecule has 2 nitrogen and oxygen atoms in total. The first-order valence-corrected chi connectivity index (χ1v) is 8.96. The topological polar surface area (TPSA) is 22.1 Å². The number of nitrogens with zero attached hydrogens (tertiary/aromatic N) is 1. The molecule has 26 heavy (non-hydrogen) atoms. The lowest BCUT2D eigenvalue weighted by molar-refractivity contribution is 0.306. The summed E-state index contributed by atoms with van der Waals surface area (Å²) >= 11 is 0. The van der Waals surface area contributed by atoms with Crippen LogP contribution in [0.3, 0.4) is 0 Å². The number of fused-ring (bicyclic) bond motifs is 1. The van der Waals surface area contributed by atoms with Gasteiger partial charge in [-0.25, -0.2) is 0 Å². The SMILES string of the molecule is c1ccc(COc2ccc(CCc3ccc4ncccc4c3)cc2)cc1. The van der Waals surface area contributed by atoms with Crippen molar-refractivity contribution < 1.29 is 4.74 Å². The highest BCUT2D eigenvalue weighted by Crippen LogP contribution is 2.18. The predicted molar refractivity (Wildman–Crippen MR) is 106 cm³/mol. The van der Waals surface area contributed by atoms with Gasteiger partial charge < -0.3 is 4.74 Å². The fourth-order valence-corrected chi connectivity index (χ4v) is 3.06. The van der Waals surface area contributed by atoms with Crippen LogP contribution in [0.2, 0.25) is 0 Å². The Labute approximate surface area is 154 Å². The van der Waals surface area contributed by atoms with Crippen molar-refractivity contribution in [3.05, 3.63) is 108 Å². The summed E-state index contributed by atoms with van der Waals surface area (Å²) in [7, 11) is 0. The van der Waals surface area contributed by atoms with Crippen LogP contribution in [0.25, 0.3) is 10.9 Å². The summed E-state index contributed by atoms with van der Waals surface area (Å²) in [6.45, 7) is 0.602. The van der Waals surface area contributed by atoms with Gasteiger partial charge in [-0.05, 0) is 59.9 Å². The van der Waals surface area contributed by atoms with Crippen LogP contribution in [0.4, 0.5) is 0 Å². The highest BCUT2D eigenvalue weighted by atomic mass is 16.5. The Morgan fingerprint density at radius 1 is 0.654 bits per heavy atom. The lowest BCUT2D eigenvalue weighted by Crippen LogP contribution is -1.96. The minimum Gasteiger partial charge on any atom is -0.489 e. The van der Waals surface area contributed by atoms with Crippen LogP contribution >= 0.6 is 0 Å². The monoisotopic (exact) mass is 339 g/mol. The molecule has 0 bridgehead atoms. The third kappa shape index (κ3) is 4.09. The largest absolute Gasteiger partial charge is 0.489 e. The van der Waals surface area contributed by atoms with E-state index in [9.17, 15) is 0 Å². The lowest BCUT2D eigenvalue weighted by atomic mass is 10.0. The van der Waals surface area contributed by atoms with E-state index in [4.69, 9.17) is 4.74 Å². The van der Waals surface area contributed by atoms with Crippen molar-refractivity contribution in [1.82, 2.24) is 4.98 Å². The molecule has 128 valence electrons. The van der Waals surface area contributed by atoms with Gasteiger partial charge in [0.1, 0.15) is 12.4 Å². The number of ether oxygens (including phenoxy) is 1. The standard InChI is InChI=1S/C24H21NO/c1-2-5-21(6-3-1)18-26-23-13-10-19(11-14-23)8-9-20-12-15-24-22(17-20)7-4-16-25-24/h1-7,10-17H,8-9,18H2. The van der Waals surface area contributed by atoms with Crippen LogP contribution in [0.1, 0.15) is 16.7 Å². The van der Waals surface area contributed by atoms with E-state index < -0.39 is 0 Å². The van der Waals surface area contributed by atoms with Gasteiger partial charge in [-0.3, -0.25) is 4.98 Å². The van der Waals surface area contributed by atoms with Crippen LogP contribution in [-0.4, -0.2) is 4.98 Å². The zero-order chi connectivity index (χ0) is 17.6. The van der Waals surface area contributed by atoms with Crippen LogP contribution in [-0.2, 0) is 19.4 Å². The zero-order valence-corrected chi connectivity index (χ0v) is 14.6. The molecule has 0 aliphatic heterocycles. The van der Waals surface area contributed by atoms with E-state index >= 15 is 0 Å². The second-order valence-corrected chi connectivity index (χ2v) is 6.45. The first kappa shape index (κ1) is 16.3. The molecule has 0 spiro atoms. The van der Waals surface area contributed by atoms with Gasteiger partial charge in [-0.2, -0.15) is 0 Å². The van der Waals surface area contributed by atoms with Crippen molar-refractivity contribution in [2.75, 3.05) is 0 Å². The van der Waals surface area contributed by atoms with Crippen molar-refractivity contribution >= 4 is 10.9 Å². The molecule has 1 heterocycles. The van der Waals surface area contributed by atoms with Crippen molar-refractivity contribution in [2.45, 2.75) is 19.4 Å². The number of pyridine rings is 1. The molecule has 0 N–H and O–H groups in total. The first-order valence-electron chi connectivity index (χ1n) is 8.96. The summed E-state index contributed by atoms with van der Waals surface area (Å²) in [6.07, 6.45) is 3.88. The summed E-state index contributed by atoms with van der Waals surface area (Å²) < 4.78 is 5.85. The number of benzene rings is 3. The average molecular weight is 339 g/mol. The molecule has 0 atom stereocenters. The Hall–Kier alpha value is -3.13. The van der Waals surface area contributed by atoms with Gasteiger partial charge in [0.05, 0.1) is 5.52 Å². The third-order valence-electron chi connectivity index (χ3n) is 4.54. The van der Waals surface area contributed by atoms with Crippen molar-refractivity contribution in [3.8, 4) is 5.75 Å². The molecule has 3 aromatic carbocycles. The van der Waals surface area contributed by atoms with Crippen LogP contribution in [0, 0.1) is 0 Å². The van der Waals surface area contributed by atoms with Gasteiger partial charge in [-0.15, -0.1) is 0 Å². The Kier molecular flexibility index (Phi) is 4.92. The summed E-state index contributed by atoms with van der Waals surface area (Å²) in [5.41, 5.74) is 4.90. The molecule has 2 heteroatoms. The van der Waals surface area contributed by atoms with E-state index in [1.54, 1.807) is 0 Å². The fraction of sp³-hybridized carbons (Fsp3) is 0.125. The number of hydrogen-bond donors (Lipinski definition) is 0. The maximum atomic E-state index is 5.85. The van der Waals surface area contributed by atoms with E-state index in [0.29, 0.717) is 6.61 Å². The summed E-state index contributed by atoms with van der Waals surface area (Å²) in [4.78, 5) is 4.38. The molecule has 0 saturated carbocycles. The van der Waals surface area contributed by atoms with E-state index in [-0.39, 0.29) is 0 Å². The summed E-state index contributed by atoms with van der Waals surface area (Å²) in [5.74, 6) is 0.911. The van der Waals surface area contributed by atoms with Crippen LogP contribution in [0.5, 0.6) is 5.75 Å². The van der Waals surface area contributed by atoms with Gasteiger partial charge in [0.15, 0.2) is 0 Å². The van der Waals surface area contributed by atoms with Crippen molar-refractivity contribution in [1.29, 1.82) is 0 Å². The maximum absolute atomic E-state index is 5.85. The van der Waals surface area contributed by atoms with E-state index in [0.717, 1.165) is 24.1 Å². The number of rotatable bonds is 6. The third-order valence-corrected chi connectivity index (χ3v) is 4.54. The Morgan fingerprint density at radius 2 is 1.42 bits per heavy atom. The zero-order valence-electron chi connectivity index (χ0n) is 14.6. The molecule has 0 amide bonds. The second-order valence-electron chi connectivity index (χ2n) is 6.45. The smallest absolute Gasteiger partial charge is 0.119 e. The second kappa shape index (κ2) is 7.83. The molecule has 0 aliphatic carbocycles. The molecule has 0 radical (unpaired) electrons. The first-order chi connectivity index (χ1) is 12.9. The lowest BCUT2D eigenvalue weighted by Gasteiger charge is -2.08. The quantitative estimate of drug-likeness (QED) is 0.456. The Bertz CT molecular complexity index is 978. The van der Waals surface area contributed by atoms with Crippen LogP contribution < -0.4 is 4.74 Å². The van der Waals surface area contributed by atoms with Crippen molar-refractivity contribution in [2.24, 2.45) is 0 Å². The predicted octanol–water partition coefficient (Wildman–Crippen LogP) is 5.60. The minimum absolute atomic E-state index is 0.602. The molecule has 0 unspecified atom stereocenters. The maximum Gasteiger partial charge on any atom is 0.119 e. The highest BCUT2D eigenvalue weighted by molar-refractivity contribution is 5.78. The average Bonchev–Trinajstić information content (AvgIpc) is 2.72. The van der Waals surface area contributed by atoms with Gasteiger partial charge in [0, 0.05) is 11.6 Å². The van der Waals surface area contributed by atoms with E-state index in [1.807, 2.05) is 30.5 Å². The number of hydrogen-bond acceptors (Lipinski definition) is 2. The van der Waals surface area contributed by atoms with Crippen molar-refractivity contribution in [3.63, 3.8) is 0 Å². The molecule has 0 fully saturated rings. The molecule has 0 aliphatic rings. The Balaban J connectivity index is 1.34. The Morgan fingerprint density at radius 3 is 2.27 bits per heavy atom. The van der Waals surface area contributed by atoms with Gasteiger partial charge >= 0.3 is 0 Å². The fourth-order valence-electron chi connectivity index (χ4n) is 3.06. The number of aromatic nitrogens is 1. The molecule has 4 aromatic rings. The molecule has 1 aromatic heterocycles. The summed E-state index contributed by atoms with van der Waals surface area (Å²) in [6, 6.07) is 29.3. The van der Waals surface area contributed by atoms with Gasteiger partial charge in [0.25, 0.3) is 0 Å². The van der Waals surface area contributed by atoms with Gasteiger partial charge in [0.2, 0.25) is 0 Å². The molecule has 4 rings (SSSR count). The highest BCUT2D eigenvalue weighted by Gasteiger charge is 2.00. The van der Waals surface area contributed by atoms with E-state index in [2.05, 4.69) is 65.6 Å². The van der Waals surface area contributed by atoms with E-state index in [1.165, 1.54) is 22.1 Å². The molecular weight excluding hydrogens is 318 g/mol. The normalized spacial score (nSPS) is 10.8. The summed E-state index contributed by atoms with van der Waals surface area (Å²) in [5, 5.41) is 1.20. The number of aryl methyl sites for hydroxylation is 2.